The van der Waals surface area contributed by atoms with E-state index >= 15 is 0 Å². The molecule has 0 bridgehead atoms. The Labute approximate surface area is 98.1 Å². The summed E-state index contributed by atoms with van der Waals surface area (Å²) in [7, 11) is 0. The molecule has 1 heterocycles. The second-order valence-corrected chi connectivity index (χ2v) is 4.28. The zero-order valence-electron chi connectivity index (χ0n) is 8.13. The minimum absolute atomic E-state index is 0.123. The summed E-state index contributed by atoms with van der Waals surface area (Å²) in [4.78, 5) is 13.2. The van der Waals surface area contributed by atoms with Gasteiger partial charge in [-0.1, -0.05) is 35.3 Å². The van der Waals surface area contributed by atoms with Crippen LogP contribution in [0.1, 0.15) is 5.56 Å². The summed E-state index contributed by atoms with van der Waals surface area (Å²) >= 11 is 11.6. The highest BCUT2D eigenvalue weighted by molar-refractivity contribution is 6.51. The minimum atomic E-state index is -0.229. The molecule has 0 unspecified atom stereocenters. The van der Waals surface area contributed by atoms with Crippen molar-refractivity contribution in [3.05, 3.63) is 39.9 Å². The number of carbonyl (C=O) groups is 1. The highest BCUT2D eigenvalue weighted by Crippen LogP contribution is 2.29. The molecule has 1 aliphatic heterocycles. The van der Waals surface area contributed by atoms with Crippen LogP contribution in [0.2, 0.25) is 0 Å². The largest absolute Gasteiger partial charge is 0.302 e. The summed E-state index contributed by atoms with van der Waals surface area (Å²) in [5.74, 6) is -0.229. The summed E-state index contributed by atoms with van der Waals surface area (Å²) in [5, 5.41) is 0.529. The molecule has 0 aromatic heterocycles. The van der Waals surface area contributed by atoms with Crippen molar-refractivity contribution >= 4 is 34.8 Å². The van der Waals surface area contributed by atoms with E-state index in [0.717, 1.165) is 11.3 Å². The Morgan fingerprint density at radius 2 is 2.07 bits per heavy atom. The molecule has 0 saturated heterocycles. The quantitative estimate of drug-likeness (QED) is 0.741. The molecule has 0 radical (unpaired) electrons. The molecule has 78 valence electrons. The molecule has 1 aliphatic rings. The van der Waals surface area contributed by atoms with Gasteiger partial charge in [-0.15, -0.1) is 0 Å². The van der Waals surface area contributed by atoms with Gasteiger partial charge < -0.3 is 4.90 Å². The van der Waals surface area contributed by atoms with Gasteiger partial charge in [-0.3, -0.25) is 4.79 Å². The Balaban J connectivity index is 2.33. The van der Waals surface area contributed by atoms with Gasteiger partial charge in [0.25, 0.3) is 5.91 Å². The molecule has 1 amide bonds. The first kappa shape index (κ1) is 10.5. The molecule has 0 fully saturated rings. The number of amides is 1. The molecule has 0 atom stereocenters. The van der Waals surface area contributed by atoms with Crippen molar-refractivity contribution in [1.29, 1.82) is 0 Å². The van der Waals surface area contributed by atoms with Crippen LogP contribution >= 0.6 is 23.2 Å². The normalized spacial score (nSPS) is 16.5. The van der Waals surface area contributed by atoms with Gasteiger partial charge in [0.2, 0.25) is 0 Å². The third kappa shape index (κ3) is 1.87. The minimum Gasteiger partial charge on any atom is -0.302 e. The standard InChI is InChI=1S/C11H9Cl2NO/c1-7-3-2-4-8(5-7)14-6-9(12)10(13)11(14)15/h2-5H,6H2,1H3. The summed E-state index contributed by atoms with van der Waals surface area (Å²) in [6.07, 6.45) is 0. The van der Waals surface area contributed by atoms with Gasteiger partial charge >= 0.3 is 0 Å². The third-order valence-electron chi connectivity index (χ3n) is 2.28. The van der Waals surface area contributed by atoms with E-state index in [1.54, 1.807) is 4.90 Å². The van der Waals surface area contributed by atoms with Crippen molar-refractivity contribution in [2.75, 3.05) is 11.4 Å². The molecule has 15 heavy (non-hydrogen) atoms. The van der Waals surface area contributed by atoms with Gasteiger partial charge in [-0.05, 0) is 24.6 Å². The molecular weight excluding hydrogens is 233 g/mol. The maximum Gasteiger partial charge on any atom is 0.271 e. The summed E-state index contributed by atoms with van der Waals surface area (Å²) in [6, 6.07) is 7.67. The first-order valence-electron chi connectivity index (χ1n) is 4.52. The van der Waals surface area contributed by atoms with Crippen LogP contribution in [0.4, 0.5) is 5.69 Å². The van der Waals surface area contributed by atoms with Crippen molar-refractivity contribution in [1.82, 2.24) is 0 Å². The van der Waals surface area contributed by atoms with E-state index in [0.29, 0.717) is 11.6 Å². The number of nitrogens with zero attached hydrogens (tertiary/aromatic N) is 1. The number of halogens is 2. The first-order valence-corrected chi connectivity index (χ1v) is 5.28. The number of rotatable bonds is 1. The van der Waals surface area contributed by atoms with Crippen molar-refractivity contribution in [2.45, 2.75) is 6.92 Å². The van der Waals surface area contributed by atoms with E-state index in [1.165, 1.54) is 0 Å². The highest BCUT2D eigenvalue weighted by Gasteiger charge is 2.29. The van der Waals surface area contributed by atoms with E-state index in [1.807, 2.05) is 31.2 Å². The fraction of sp³-hybridized carbons (Fsp3) is 0.182. The third-order valence-corrected chi connectivity index (χ3v) is 3.08. The van der Waals surface area contributed by atoms with E-state index in [9.17, 15) is 4.79 Å². The number of carbonyl (C=O) groups excluding carboxylic acids is 1. The second kappa shape index (κ2) is 3.87. The lowest BCUT2D eigenvalue weighted by atomic mass is 10.2. The lowest BCUT2D eigenvalue weighted by Crippen LogP contribution is -2.25. The second-order valence-electron chi connectivity index (χ2n) is 3.45. The van der Waals surface area contributed by atoms with Crippen LogP contribution in [0.15, 0.2) is 34.3 Å². The molecule has 2 rings (SSSR count). The van der Waals surface area contributed by atoms with Gasteiger partial charge in [0.1, 0.15) is 5.03 Å². The van der Waals surface area contributed by atoms with Crippen molar-refractivity contribution in [3.8, 4) is 0 Å². The van der Waals surface area contributed by atoms with Crippen molar-refractivity contribution < 1.29 is 4.79 Å². The Bertz CT molecular complexity index is 454. The average Bonchev–Trinajstić information content (AvgIpc) is 2.46. The fourth-order valence-corrected chi connectivity index (χ4v) is 1.88. The summed E-state index contributed by atoms with van der Waals surface area (Å²) < 4.78 is 0. The molecule has 0 N–H and O–H groups in total. The zero-order valence-corrected chi connectivity index (χ0v) is 9.64. The van der Waals surface area contributed by atoms with E-state index in [-0.39, 0.29) is 10.9 Å². The molecule has 0 spiro atoms. The van der Waals surface area contributed by atoms with Crippen molar-refractivity contribution in [3.63, 3.8) is 0 Å². The smallest absolute Gasteiger partial charge is 0.271 e. The maximum absolute atomic E-state index is 11.7. The van der Waals surface area contributed by atoms with Gasteiger partial charge in [-0.25, -0.2) is 0 Å². The zero-order chi connectivity index (χ0) is 11.0. The summed E-state index contributed by atoms with van der Waals surface area (Å²) in [5.41, 5.74) is 1.92. The predicted octanol–water partition coefficient (Wildman–Crippen LogP) is 3.03. The van der Waals surface area contributed by atoms with E-state index in [2.05, 4.69) is 0 Å². The molecule has 1 aromatic carbocycles. The number of benzene rings is 1. The van der Waals surface area contributed by atoms with Crippen LogP contribution in [0.5, 0.6) is 0 Å². The van der Waals surface area contributed by atoms with Crippen molar-refractivity contribution in [2.24, 2.45) is 0 Å². The molecule has 0 saturated carbocycles. The van der Waals surface area contributed by atoms with Gasteiger partial charge in [0, 0.05) is 5.69 Å². The molecular formula is C11H9Cl2NO. The summed E-state index contributed by atoms with van der Waals surface area (Å²) in [6.45, 7) is 2.34. The van der Waals surface area contributed by atoms with E-state index < -0.39 is 0 Å². The fourth-order valence-electron chi connectivity index (χ4n) is 1.52. The van der Waals surface area contributed by atoms with Crippen LogP contribution in [0, 0.1) is 6.92 Å². The SMILES string of the molecule is Cc1cccc(N2CC(Cl)=C(Cl)C2=O)c1. The Morgan fingerprint density at radius 3 is 2.60 bits per heavy atom. The number of aryl methyl sites for hydroxylation is 1. The molecule has 2 nitrogen and oxygen atoms in total. The number of anilines is 1. The lowest BCUT2D eigenvalue weighted by Gasteiger charge is -2.16. The number of hydrogen-bond donors (Lipinski definition) is 0. The van der Waals surface area contributed by atoms with E-state index in [4.69, 9.17) is 23.2 Å². The highest BCUT2D eigenvalue weighted by atomic mass is 35.5. The van der Waals surface area contributed by atoms with Crippen LogP contribution in [-0.4, -0.2) is 12.5 Å². The maximum atomic E-state index is 11.7. The monoisotopic (exact) mass is 241 g/mol. The number of hydrogen-bond acceptors (Lipinski definition) is 1. The topological polar surface area (TPSA) is 20.3 Å². The van der Waals surface area contributed by atoms with Crippen LogP contribution in [0.25, 0.3) is 0 Å². The molecule has 1 aromatic rings. The van der Waals surface area contributed by atoms with Crippen LogP contribution < -0.4 is 4.90 Å². The van der Waals surface area contributed by atoms with Crippen LogP contribution in [0.3, 0.4) is 0 Å². The molecule has 0 aliphatic carbocycles. The average molecular weight is 242 g/mol. The molecule has 4 heteroatoms. The predicted molar refractivity (Wildman–Crippen MR) is 62.3 cm³/mol. The van der Waals surface area contributed by atoms with Gasteiger partial charge in [0.15, 0.2) is 0 Å². The van der Waals surface area contributed by atoms with Gasteiger partial charge in [-0.2, -0.15) is 0 Å². The Hall–Kier alpha value is -0.990. The Kier molecular flexibility index (Phi) is 2.72. The van der Waals surface area contributed by atoms with Crippen LogP contribution in [-0.2, 0) is 4.79 Å². The first-order chi connectivity index (χ1) is 7.09. The Morgan fingerprint density at radius 1 is 1.33 bits per heavy atom. The van der Waals surface area contributed by atoms with Gasteiger partial charge in [0.05, 0.1) is 11.6 Å². The lowest BCUT2D eigenvalue weighted by molar-refractivity contribution is -0.114.